The van der Waals surface area contributed by atoms with E-state index in [0.717, 1.165) is 45.3 Å². The van der Waals surface area contributed by atoms with E-state index in [9.17, 15) is 0 Å². The van der Waals surface area contributed by atoms with Crippen molar-refractivity contribution in [3.63, 3.8) is 0 Å². The molecule has 4 nitrogen and oxygen atoms in total. The van der Waals surface area contributed by atoms with Gasteiger partial charge in [0.1, 0.15) is 0 Å². The van der Waals surface area contributed by atoms with E-state index in [4.69, 9.17) is 4.98 Å². The van der Waals surface area contributed by atoms with E-state index in [0.29, 0.717) is 0 Å². The van der Waals surface area contributed by atoms with Crippen LogP contribution in [0, 0.1) is 6.92 Å². The number of rotatable bonds is 5. The molecule has 0 spiro atoms. The molecule has 0 aliphatic heterocycles. The number of nitrogens with one attached hydrogen (secondary N) is 1. The molecule has 0 aliphatic rings. The quantitative estimate of drug-likeness (QED) is 0.339. The maximum absolute atomic E-state index is 4.84. The smallest absolute Gasteiger partial charge is 0.0900 e. The molecule has 2 aromatic carbocycles. The van der Waals surface area contributed by atoms with Gasteiger partial charge in [0, 0.05) is 23.8 Å². The zero-order valence-corrected chi connectivity index (χ0v) is 17.7. The Hall–Kier alpha value is -4.31. The van der Waals surface area contributed by atoms with Crippen LogP contribution in [0.4, 0.5) is 11.4 Å². The van der Waals surface area contributed by atoms with Gasteiger partial charge >= 0.3 is 0 Å². The lowest BCUT2D eigenvalue weighted by Gasteiger charge is -2.11. The average Bonchev–Trinajstić information content (AvgIpc) is 2.85. The Balaban J connectivity index is 1.52. The van der Waals surface area contributed by atoms with Gasteiger partial charge in [0.2, 0.25) is 0 Å². The van der Waals surface area contributed by atoms with Gasteiger partial charge in [0.05, 0.1) is 22.8 Å². The van der Waals surface area contributed by atoms with Gasteiger partial charge in [-0.1, -0.05) is 36.4 Å². The van der Waals surface area contributed by atoms with Crippen LogP contribution in [-0.4, -0.2) is 15.0 Å². The number of anilines is 2. The Morgan fingerprint density at radius 3 is 1.75 bits per heavy atom. The van der Waals surface area contributed by atoms with Crippen LogP contribution in [0.2, 0.25) is 0 Å². The highest BCUT2D eigenvalue weighted by atomic mass is 14.9. The summed E-state index contributed by atoms with van der Waals surface area (Å²) >= 11 is 0. The first-order valence-electron chi connectivity index (χ1n) is 10.5. The molecule has 4 heteroatoms. The Bertz CT molecular complexity index is 1270. The van der Waals surface area contributed by atoms with Crippen LogP contribution in [-0.2, 0) is 0 Å². The molecule has 0 unspecified atom stereocenters. The van der Waals surface area contributed by atoms with E-state index >= 15 is 0 Å². The lowest BCUT2D eigenvalue weighted by Crippen LogP contribution is -1.94. The molecule has 154 valence electrons. The van der Waals surface area contributed by atoms with Gasteiger partial charge in [-0.05, 0) is 84.3 Å². The Labute approximate surface area is 187 Å². The van der Waals surface area contributed by atoms with Gasteiger partial charge in [-0.15, -0.1) is 0 Å². The summed E-state index contributed by atoms with van der Waals surface area (Å²) in [5.41, 5.74) is 8.86. The maximum Gasteiger partial charge on any atom is 0.0900 e. The van der Waals surface area contributed by atoms with Crippen molar-refractivity contribution in [3.8, 4) is 33.9 Å². The van der Waals surface area contributed by atoms with Crippen molar-refractivity contribution in [1.29, 1.82) is 0 Å². The van der Waals surface area contributed by atoms with Gasteiger partial charge < -0.3 is 5.32 Å². The molecule has 5 aromatic rings. The van der Waals surface area contributed by atoms with Crippen molar-refractivity contribution >= 4 is 11.4 Å². The minimum atomic E-state index is 0.825. The molecule has 5 rings (SSSR count). The second-order valence-electron chi connectivity index (χ2n) is 7.63. The number of hydrogen-bond donors (Lipinski definition) is 1. The summed E-state index contributed by atoms with van der Waals surface area (Å²) < 4.78 is 0. The zero-order valence-electron chi connectivity index (χ0n) is 17.7. The van der Waals surface area contributed by atoms with Crippen molar-refractivity contribution in [3.05, 3.63) is 115 Å². The van der Waals surface area contributed by atoms with Gasteiger partial charge in [0.25, 0.3) is 0 Å². The van der Waals surface area contributed by atoms with Crippen molar-refractivity contribution in [2.24, 2.45) is 0 Å². The first-order valence-corrected chi connectivity index (χ1v) is 10.5. The lowest BCUT2D eigenvalue weighted by atomic mass is 10.0. The Kier molecular flexibility index (Phi) is 5.41. The number of aromatic nitrogens is 3. The first-order chi connectivity index (χ1) is 15.7. The Morgan fingerprint density at radius 1 is 0.531 bits per heavy atom. The SMILES string of the molecule is Cc1cccc(Nc2ccc(-c3cc(-c4ccccn4)nc(-c4ccccn4)c3)cc2)c1. The summed E-state index contributed by atoms with van der Waals surface area (Å²) in [5.74, 6) is 0. The van der Waals surface area contributed by atoms with Gasteiger partial charge in [-0.3, -0.25) is 9.97 Å². The second kappa shape index (κ2) is 8.82. The third kappa shape index (κ3) is 4.40. The van der Waals surface area contributed by atoms with E-state index in [-0.39, 0.29) is 0 Å². The van der Waals surface area contributed by atoms with Crippen molar-refractivity contribution in [2.45, 2.75) is 6.92 Å². The van der Waals surface area contributed by atoms with E-state index in [1.165, 1.54) is 5.56 Å². The molecule has 32 heavy (non-hydrogen) atoms. The number of benzene rings is 2. The molecule has 3 heterocycles. The molecule has 0 radical (unpaired) electrons. The largest absolute Gasteiger partial charge is 0.356 e. The molecule has 0 aliphatic carbocycles. The molecule has 1 N–H and O–H groups in total. The minimum absolute atomic E-state index is 0.825. The summed E-state index contributed by atoms with van der Waals surface area (Å²) in [6, 6.07) is 32.7. The minimum Gasteiger partial charge on any atom is -0.356 e. The fourth-order valence-electron chi connectivity index (χ4n) is 3.62. The highest BCUT2D eigenvalue weighted by Gasteiger charge is 2.10. The topological polar surface area (TPSA) is 50.7 Å². The van der Waals surface area contributed by atoms with Gasteiger partial charge in [-0.25, -0.2) is 4.98 Å². The average molecular weight is 415 g/mol. The van der Waals surface area contributed by atoms with Gasteiger partial charge in [0.15, 0.2) is 0 Å². The molecule has 0 atom stereocenters. The molecule has 3 aromatic heterocycles. The van der Waals surface area contributed by atoms with Crippen LogP contribution >= 0.6 is 0 Å². The number of pyridine rings is 3. The molecular formula is C28H22N4. The summed E-state index contributed by atoms with van der Waals surface area (Å²) in [4.78, 5) is 13.8. The maximum atomic E-state index is 4.84. The van der Waals surface area contributed by atoms with Crippen molar-refractivity contribution in [1.82, 2.24) is 15.0 Å². The van der Waals surface area contributed by atoms with E-state index in [1.807, 2.05) is 36.4 Å². The summed E-state index contributed by atoms with van der Waals surface area (Å²) in [6.45, 7) is 2.09. The predicted octanol–water partition coefficient (Wildman–Crippen LogP) is 6.92. The molecule has 0 saturated carbocycles. The van der Waals surface area contributed by atoms with E-state index in [2.05, 4.69) is 82.9 Å². The standard InChI is InChI=1S/C28H22N4/c1-20-7-6-8-24(17-20)31-23-13-11-21(12-14-23)22-18-27(25-9-2-4-15-29-25)32-28(19-22)26-10-3-5-16-30-26/h2-19,31H,1H3. The molecule has 0 fully saturated rings. The van der Waals surface area contributed by atoms with Crippen LogP contribution in [0.15, 0.2) is 109 Å². The highest BCUT2D eigenvalue weighted by molar-refractivity contribution is 5.76. The van der Waals surface area contributed by atoms with Crippen molar-refractivity contribution in [2.75, 3.05) is 5.32 Å². The van der Waals surface area contributed by atoms with E-state index in [1.54, 1.807) is 12.4 Å². The van der Waals surface area contributed by atoms with Crippen LogP contribution < -0.4 is 5.32 Å². The van der Waals surface area contributed by atoms with Gasteiger partial charge in [-0.2, -0.15) is 0 Å². The van der Waals surface area contributed by atoms with E-state index < -0.39 is 0 Å². The van der Waals surface area contributed by atoms with Crippen LogP contribution in [0.5, 0.6) is 0 Å². The zero-order chi connectivity index (χ0) is 21.8. The van der Waals surface area contributed by atoms with Crippen LogP contribution in [0.1, 0.15) is 5.56 Å². The van der Waals surface area contributed by atoms with Crippen LogP contribution in [0.25, 0.3) is 33.9 Å². The summed E-state index contributed by atoms with van der Waals surface area (Å²) in [6.07, 6.45) is 3.58. The van der Waals surface area contributed by atoms with Crippen molar-refractivity contribution < 1.29 is 0 Å². The normalized spacial score (nSPS) is 10.7. The number of nitrogens with zero attached hydrogens (tertiary/aromatic N) is 3. The molecule has 0 bridgehead atoms. The highest BCUT2D eigenvalue weighted by Crippen LogP contribution is 2.30. The number of aryl methyl sites for hydroxylation is 1. The predicted molar refractivity (Wildman–Crippen MR) is 131 cm³/mol. The monoisotopic (exact) mass is 414 g/mol. The Morgan fingerprint density at radius 2 is 1.19 bits per heavy atom. The third-order valence-electron chi connectivity index (χ3n) is 5.20. The fourth-order valence-corrected chi connectivity index (χ4v) is 3.62. The first kappa shape index (κ1) is 19.6. The molecule has 0 amide bonds. The van der Waals surface area contributed by atoms with Crippen LogP contribution in [0.3, 0.4) is 0 Å². The third-order valence-corrected chi connectivity index (χ3v) is 5.20. The fraction of sp³-hybridized carbons (Fsp3) is 0.0357. The molecular weight excluding hydrogens is 392 g/mol. The number of hydrogen-bond acceptors (Lipinski definition) is 4. The molecule has 0 saturated heterocycles. The lowest BCUT2D eigenvalue weighted by molar-refractivity contribution is 1.22. The summed E-state index contributed by atoms with van der Waals surface area (Å²) in [7, 11) is 0. The second-order valence-corrected chi connectivity index (χ2v) is 7.63. The summed E-state index contributed by atoms with van der Waals surface area (Å²) in [5, 5.41) is 3.47.